The third-order valence-electron chi connectivity index (χ3n) is 4.86. The number of methoxy groups -OCH3 is 1. The van der Waals surface area contributed by atoms with Crippen molar-refractivity contribution in [3.8, 4) is 17.1 Å². The minimum atomic E-state index is -2.32. The second-order valence-corrected chi connectivity index (χ2v) is 9.10. The first-order valence-corrected chi connectivity index (χ1v) is 11.3. The van der Waals surface area contributed by atoms with Crippen LogP contribution in [0.2, 0.25) is 0 Å². The molecule has 156 valence electrons. The largest absolute Gasteiger partial charge is 0.760 e. The van der Waals surface area contributed by atoms with E-state index in [-0.39, 0.29) is 6.54 Å². The Kier molecular flexibility index (Phi) is 6.29. The maximum Gasteiger partial charge on any atom is 0.181 e. The summed E-state index contributed by atoms with van der Waals surface area (Å²) < 4.78 is 37.1. The molecule has 6 nitrogen and oxygen atoms in total. The number of aryl methyl sites for hydroxylation is 1. The molecule has 0 aliphatic carbocycles. The van der Waals surface area contributed by atoms with Gasteiger partial charge in [-0.2, -0.15) is 0 Å². The fourth-order valence-corrected chi connectivity index (χ4v) is 4.90. The van der Waals surface area contributed by atoms with Gasteiger partial charge in [0.1, 0.15) is 5.75 Å². The molecule has 0 saturated carbocycles. The van der Waals surface area contributed by atoms with Crippen molar-refractivity contribution in [1.29, 1.82) is 0 Å². The number of aromatic nitrogens is 1. The Balaban J connectivity index is 1.48. The van der Waals surface area contributed by atoms with E-state index in [0.29, 0.717) is 24.5 Å². The van der Waals surface area contributed by atoms with Crippen LogP contribution in [0.1, 0.15) is 16.0 Å². The Morgan fingerprint density at radius 1 is 1.23 bits per heavy atom. The van der Waals surface area contributed by atoms with Crippen molar-refractivity contribution in [1.82, 2.24) is 9.29 Å². The van der Waals surface area contributed by atoms with E-state index in [0.717, 1.165) is 11.1 Å². The SMILES string of the molecule is COc1cc(CN(CCc2cc3cc(C)ccc3s2)S(=O)[O-])ccc1-c1cnco1. The van der Waals surface area contributed by atoms with Gasteiger partial charge >= 0.3 is 0 Å². The highest BCUT2D eigenvalue weighted by Crippen LogP contribution is 2.31. The highest BCUT2D eigenvalue weighted by Gasteiger charge is 2.13. The zero-order chi connectivity index (χ0) is 21.1. The van der Waals surface area contributed by atoms with Crippen molar-refractivity contribution in [2.24, 2.45) is 0 Å². The summed E-state index contributed by atoms with van der Waals surface area (Å²) in [7, 11) is 1.58. The molecule has 0 fully saturated rings. The normalized spacial score (nSPS) is 12.5. The second-order valence-electron chi connectivity index (χ2n) is 6.98. The van der Waals surface area contributed by atoms with E-state index >= 15 is 0 Å². The molecule has 1 atom stereocenters. The van der Waals surface area contributed by atoms with Crippen LogP contribution >= 0.6 is 11.3 Å². The predicted molar refractivity (Wildman–Crippen MR) is 118 cm³/mol. The van der Waals surface area contributed by atoms with Crippen LogP contribution in [0.4, 0.5) is 0 Å². The molecule has 0 saturated heterocycles. The molecule has 1 unspecified atom stereocenters. The van der Waals surface area contributed by atoms with Crippen molar-refractivity contribution < 1.29 is 17.9 Å². The van der Waals surface area contributed by atoms with Crippen LogP contribution in [-0.4, -0.2) is 31.7 Å². The summed E-state index contributed by atoms with van der Waals surface area (Å²) >= 11 is -0.615. The van der Waals surface area contributed by atoms with Crippen molar-refractivity contribution >= 4 is 32.7 Å². The van der Waals surface area contributed by atoms with Crippen LogP contribution in [0.5, 0.6) is 5.75 Å². The zero-order valence-corrected chi connectivity index (χ0v) is 18.3. The molecule has 2 aromatic heterocycles. The van der Waals surface area contributed by atoms with Crippen LogP contribution in [0.25, 0.3) is 21.4 Å². The predicted octanol–water partition coefficient (Wildman–Crippen LogP) is 4.71. The number of fused-ring (bicyclic) bond motifs is 1. The van der Waals surface area contributed by atoms with Gasteiger partial charge < -0.3 is 13.7 Å². The Hall–Kier alpha value is -2.52. The molecular formula is C22H21N2O4S2-. The number of thiophene rings is 1. The van der Waals surface area contributed by atoms with Gasteiger partial charge in [-0.05, 0) is 48.6 Å². The first kappa shape index (κ1) is 20.7. The van der Waals surface area contributed by atoms with Gasteiger partial charge in [0, 0.05) is 33.9 Å². The third kappa shape index (κ3) is 4.62. The lowest BCUT2D eigenvalue weighted by molar-refractivity contribution is 0.383. The number of rotatable bonds is 8. The minimum Gasteiger partial charge on any atom is -0.760 e. The molecule has 0 aliphatic rings. The van der Waals surface area contributed by atoms with Gasteiger partial charge in [-0.3, -0.25) is 4.21 Å². The molecule has 0 aliphatic heterocycles. The number of oxazole rings is 1. The average molecular weight is 442 g/mol. The summed E-state index contributed by atoms with van der Waals surface area (Å²) in [5, 5.41) is 1.21. The summed E-state index contributed by atoms with van der Waals surface area (Å²) in [5.41, 5.74) is 2.83. The molecule has 2 aromatic carbocycles. The molecular weight excluding hydrogens is 420 g/mol. The smallest absolute Gasteiger partial charge is 0.181 e. The van der Waals surface area contributed by atoms with E-state index in [1.54, 1.807) is 24.6 Å². The Labute approximate surface area is 181 Å². The van der Waals surface area contributed by atoms with Gasteiger partial charge in [0.15, 0.2) is 12.2 Å². The molecule has 0 amide bonds. The van der Waals surface area contributed by atoms with E-state index in [1.165, 1.54) is 31.2 Å². The quantitative estimate of drug-likeness (QED) is 0.370. The fourth-order valence-electron chi connectivity index (χ4n) is 3.37. The molecule has 0 spiro atoms. The van der Waals surface area contributed by atoms with Gasteiger partial charge in [-0.25, -0.2) is 9.29 Å². The van der Waals surface area contributed by atoms with Crippen LogP contribution in [-0.2, 0) is 24.2 Å². The summed E-state index contributed by atoms with van der Waals surface area (Å²) in [6.07, 6.45) is 3.64. The molecule has 0 N–H and O–H groups in total. The van der Waals surface area contributed by atoms with E-state index in [4.69, 9.17) is 9.15 Å². The first-order chi connectivity index (χ1) is 14.5. The van der Waals surface area contributed by atoms with Crippen LogP contribution in [0.3, 0.4) is 0 Å². The van der Waals surface area contributed by atoms with Gasteiger partial charge in [-0.15, -0.1) is 11.3 Å². The van der Waals surface area contributed by atoms with Crippen LogP contribution in [0, 0.1) is 6.92 Å². The van der Waals surface area contributed by atoms with Gasteiger partial charge in [0.25, 0.3) is 0 Å². The Morgan fingerprint density at radius 3 is 2.83 bits per heavy atom. The maximum atomic E-state index is 11.8. The zero-order valence-electron chi connectivity index (χ0n) is 16.7. The van der Waals surface area contributed by atoms with Crippen molar-refractivity contribution in [3.63, 3.8) is 0 Å². The number of ether oxygens (including phenoxy) is 1. The van der Waals surface area contributed by atoms with E-state index < -0.39 is 11.3 Å². The standard InChI is InChI=1S/C22H22N2O4S2/c1-15-3-6-22-17(9-15)11-18(29-22)7-8-24(30(25)26)13-16-4-5-19(20(10-16)27-2)21-12-23-14-28-21/h3-6,9-12,14H,7-8,13H2,1-2H3,(H,25,26)/p-1. The van der Waals surface area contributed by atoms with E-state index in [1.807, 2.05) is 18.2 Å². The molecule has 30 heavy (non-hydrogen) atoms. The Bertz CT molecular complexity index is 1170. The van der Waals surface area contributed by atoms with Crippen LogP contribution in [0.15, 0.2) is 59.5 Å². The topological polar surface area (TPSA) is 78.6 Å². The van der Waals surface area contributed by atoms with Crippen molar-refractivity contribution in [2.75, 3.05) is 13.7 Å². The first-order valence-electron chi connectivity index (χ1n) is 9.42. The maximum absolute atomic E-state index is 11.8. The minimum absolute atomic E-state index is 0.271. The third-order valence-corrected chi connectivity index (χ3v) is 6.77. The summed E-state index contributed by atoms with van der Waals surface area (Å²) in [6.45, 7) is 2.75. The van der Waals surface area contributed by atoms with Gasteiger partial charge in [0.2, 0.25) is 0 Å². The lowest BCUT2D eigenvalue weighted by atomic mass is 10.1. The van der Waals surface area contributed by atoms with E-state index in [9.17, 15) is 8.76 Å². The molecule has 0 radical (unpaired) electrons. The molecule has 4 rings (SSSR count). The highest BCUT2D eigenvalue weighted by atomic mass is 32.2. The van der Waals surface area contributed by atoms with Crippen molar-refractivity contribution in [2.45, 2.75) is 19.9 Å². The van der Waals surface area contributed by atoms with Gasteiger partial charge in [0.05, 0.1) is 18.9 Å². The number of hydrogen-bond acceptors (Lipinski definition) is 6. The lowest BCUT2D eigenvalue weighted by Gasteiger charge is -2.24. The summed E-state index contributed by atoms with van der Waals surface area (Å²) in [5.74, 6) is 1.21. The fraction of sp³-hybridized carbons (Fsp3) is 0.227. The Morgan fingerprint density at radius 2 is 2.10 bits per heavy atom. The molecule has 8 heteroatoms. The lowest BCUT2D eigenvalue weighted by Crippen LogP contribution is -2.27. The second kappa shape index (κ2) is 9.09. The highest BCUT2D eigenvalue weighted by molar-refractivity contribution is 7.76. The molecule has 4 aromatic rings. The number of hydrogen-bond donors (Lipinski definition) is 0. The number of benzene rings is 2. The number of nitrogens with zero attached hydrogens (tertiary/aromatic N) is 2. The average Bonchev–Trinajstić information content (AvgIpc) is 3.40. The summed E-state index contributed by atoms with van der Waals surface area (Å²) in [4.78, 5) is 5.10. The monoisotopic (exact) mass is 441 g/mol. The van der Waals surface area contributed by atoms with Crippen molar-refractivity contribution in [3.05, 3.63) is 71.1 Å². The molecule has 0 bridgehead atoms. The van der Waals surface area contributed by atoms with E-state index in [2.05, 4.69) is 36.2 Å². The summed E-state index contributed by atoms with van der Waals surface area (Å²) in [6, 6.07) is 14.1. The molecule has 2 heterocycles. The van der Waals surface area contributed by atoms with Gasteiger partial charge in [-0.1, -0.05) is 23.8 Å². The van der Waals surface area contributed by atoms with Crippen LogP contribution < -0.4 is 4.74 Å².